The Morgan fingerprint density at radius 1 is 1.00 bits per heavy atom. The number of ketones is 1. The van der Waals surface area contributed by atoms with Gasteiger partial charge in [-0.1, -0.05) is 61.9 Å². The number of benzene rings is 3. The second-order valence-corrected chi connectivity index (χ2v) is 11.6. The molecule has 0 radical (unpaired) electrons. The Kier molecular flexibility index (Phi) is 6.68. The number of aromatic nitrogens is 1. The van der Waals surface area contributed by atoms with Crippen LogP contribution in [-0.2, 0) is 15.0 Å². The number of aliphatic hydroxyl groups excluding tert-OH is 1. The second kappa shape index (κ2) is 9.85. The van der Waals surface area contributed by atoms with Crippen LogP contribution in [0.25, 0.3) is 16.0 Å². The summed E-state index contributed by atoms with van der Waals surface area (Å²) in [6, 6.07) is 17.5. The highest BCUT2D eigenvalue weighted by atomic mass is 32.1. The summed E-state index contributed by atoms with van der Waals surface area (Å²) in [5.74, 6) is -0.385. The maximum atomic E-state index is 13.6. The average molecular weight is 543 g/mol. The summed E-state index contributed by atoms with van der Waals surface area (Å²) in [5.41, 5.74) is 3.40. The molecule has 39 heavy (non-hydrogen) atoms. The smallest absolute Gasteiger partial charge is 0.301 e. The number of aryl methyl sites for hydroxylation is 1. The van der Waals surface area contributed by atoms with E-state index >= 15 is 0 Å². The van der Waals surface area contributed by atoms with Crippen molar-refractivity contribution in [3.05, 3.63) is 88.5 Å². The van der Waals surface area contributed by atoms with Crippen LogP contribution in [0.2, 0.25) is 0 Å². The van der Waals surface area contributed by atoms with Gasteiger partial charge >= 0.3 is 5.91 Å². The van der Waals surface area contributed by atoms with Crippen LogP contribution in [0.4, 0.5) is 5.13 Å². The van der Waals surface area contributed by atoms with Gasteiger partial charge in [-0.25, -0.2) is 4.98 Å². The van der Waals surface area contributed by atoms with Crippen LogP contribution >= 0.6 is 11.3 Å². The monoisotopic (exact) mass is 542 g/mol. The Hall–Kier alpha value is -4.17. The molecule has 3 aromatic carbocycles. The van der Waals surface area contributed by atoms with Crippen molar-refractivity contribution in [1.82, 2.24) is 4.98 Å². The molecule has 0 bridgehead atoms. The zero-order valence-corrected chi connectivity index (χ0v) is 23.6. The fourth-order valence-electron chi connectivity index (χ4n) is 4.91. The van der Waals surface area contributed by atoms with Crippen LogP contribution in [0.1, 0.15) is 49.1 Å². The molecule has 1 unspecified atom stereocenters. The number of carbonyl (C=O) groups is 2. The van der Waals surface area contributed by atoms with Gasteiger partial charge in [-0.05, 0) is 54.3 Å². The van der Waals surface area contributed by atoms with Crippen LogP contribution in [0.5, 0.6) is 11.5 Å². The summed E-state index contributed by atoms with van der Waals surface area (Å²) in [7, 11) is 3.19. The van der Waals surface area contributed by atoms with E-state index in [-0.39, 0.29) is 16.7 Å². The molecule has 0 aliphatic carbocycles. The highest BCUT2D eigenvalue weighted by molar-refractivity contribution is 7.22. The number of hydrogen-bond donors (Lipinski definition) is 1. The molecule has 5 rings (SSSR count). The van der Waals surface area contributed by atoms with Crippen molar-refractivity contribution in [3.63, 3.8) is 0 Å². The summed E-state index contributed by atoms with van der Waals surface area (Å²) < 4.78 is 11.7. The summed E-state index contributed by atoms with van der Waals surface area (Å²) in [6.45, 7) is 8.08. The number of rotatable bonds is 5. The van der Waals surface area contributed by atoms with Gasteiger partial charge < -0.3 is 14.6 Å². The molecule has 1 aliphatic rings. The highest BCUT2D eigenvalue weighted by Crippen LogP contribution is 2.45. The molecule has 0 spiro atoms. The lowest BCUT2D eigenvalue weighted by molar-refractivity contribution is -0.132. The summed E-state index contributed by atoms with van der Waals surface area (Å²) in [5, 5.41) is 12.0. The quantitative estimate of drug-likeness (QED) is 0.175. The van der Waals surface area contributed by atoms with E-state index in [4.69, 9.17) is 9.47 Å². The van der Waals surface area contributed by atoms with Gasteiger partial charge in [0.25, 0.3) is 5.78 Å². The van der Waals surface area contributed by atoms with E-state index in [2.05, 4.69) is 4.98 Å². The van der Waals surface area contributed by atoms with Crippen LogP contribution in [0.15, 0.2) is 66.2 Å². The van der Waals surface area contributed by atoms with Gasteiger partial charge in [-0.2, -0.15) is 0 Å². The van der Waals surface area contributed by atoms with Gasteiger partial charge in [-0.3, -0.25) is 14.5 Å². The van der Waals surface area contributed by atoms with Crippen molar-refractivity contribution in [1.29, 1.82) is 0 Å². The fourth-order valence-corrected chi connectivity index (χ4v) is 5.93. The Labute approximate surface area is 231 Å². The van der Waals surface area contributed by atoms with Gasteiger partial charge in [0.15, 0.2) is 5.13 Å². The Balaban J connectivity index is 1.73. The molecular weight excluding hydrogens is 512 g/mol. The lowest BCUT2D eigenvalue weighted by Gasteiger charge is -2.24. The van der Waals surface area contributed by atoms with Crippen LogP contribution < -0.4 is 14.4 Å². The molecule has 1 aliphatic heterocycles. The summed E-state index contributed by atoms with van der Waals surface area (Å²) in [4.78, 5) is 33.3. The maximum Gasteiger partial charge on any atom is 0.301 e. The first kappa shape index (κ1) is 26.4. The zero-order chi connectivity index (χ0) is 28.1. The van der Waals surface area contributed by atoms with Crippen LogP contribution in [0.3, 0.4) is 0 Å². The average Bonchev–Trinajstić information content (AvgIpc) is 3.44. The van der Waals surface area contributed by atoms with E-state index in [0.29, 0.717) is 33.3 Å². The maximum absolute atomic E-state index is 13.6. The van der Waals surface area contributed by atoms with E-state index in [0.717, 1.165) is 15.8 Å². The molecule has 7 nitrogen and oxygen atoms in total. The molecule has 2 heterocycles. The standard InChI is InChI=1S/C31H30N2O5S/c1-17-8-7-9-18(14-17)26-25(27(34)19-10-13-23(38-6)21(15-19)31(2,3)4)28(35)29(36)33(26)30-32-22-12-11-20(37-5)16-24(22)39-30/h7-16,26,34H,1-6H3/b27-25+. The molecule has 1 aromatic heterocycles. The highest BCUT2D eigenvalue weighted by Gasteiger charge is 2.48. The molecule has 200 valence electrons. The number of methoxy groups -OCH3 is 2. The van der Waals surface area contributed by atoms with E-state index in [1.807, 2.05) is 70.2 Å². The Morgan fingerprint density at radius 2 is 1.77 bits per heavy atom. The third kappa shape index (κ3) is 4.65. The first-order valence-corrected chi connectivity index (χ1v) is 13.4. The SMILES string of the molecule is COc1ccc2nc(N3C(=O)C(=O)/C(=C(/O)c4ccc(OC)c(C(C)(C)C)c4)C3c3cccc(C)c3)sc2c1. The second-order valence-electron chi connectivity index (χ2n) is 10.6. The molecule has 0 saturated carbocycles. The molecule has 1 amide bonds. The molecule has 1 saturated heterocycles. The number of carbonyl (C=O) groups excluding carboxylic acids is 2. The van der Waals surface area contributed by atoms with Gasteiger partial charge in [0.2, 0.25) is 0 Å². The largest absolute Gasteiger partial charge is 0.507 e. The van der Waals surface area contributed by atoms with E-state index in [1.54, 1.807) is 32.4 Å². The number of Topliss-reactive ketones (excluding diaryl/α,β-unsaturated/α-hetero) is 1. The van der Waals surface area contributed by atoms with Gasteiger partial charge in [0, 0.05) is 11.1 Å². The molecule has 4 aromatic rings. The third-order valence-electron chi connectivity index (χ3n) is 6.87. The number of aliphatic hydroxyl groups is 1. The Bertz CT molecular complexity index is 1650. The van der Waals surface area contributed by atoms with E-state index < -0.39 is 17.7 Å². The van der Waals surface area contributed by atoms with Crippen molar-refractivity contribution in [2.24, 2.45) is 0 Å². The topological polar surface area (TPSA) is 89.0 Å². The van der Waals surface area contributed by atoms with Crippen molar-refractivity contribution >= 4 is 44.1 Å². The van der Waals surface area contributed by atoms with Crippen molar-refractivity contribution < 1.29 is 24.2 Å². The number of anilines is 1. The summed E-state index contributed by atoms with van der Waals surface area (Å²) >= 11 is 1.29. The first-order valence-electron chi connectivity index (χ1n) is 12.5. The van der Waals surface area contributed by atoms with Crippen molar-refractivity contribution in [2.45, 2.75) is 39.2 Å². The number of fused-ring (bicyclic) bond motifs is 1. The van der Waals surface area contributed by atoms with Crippen LogP contribution in [-0.4, -0.2) is 36.0 Å². The first-order chi connectivity index (χ1) is 18.5. The van der Waals surface area contributed by atoms with Gasteiger partial charge in [0.1, 0.15) is 17.3 Å². The number of amides is 1. The van der Waals surface area contributed by atoms with E-state index in [9.17, 15) is 14.7 Å². The number of thiazole rings is 1. The third-order valence-corrected chi connectivity index (χ3v) is 7.89. The zero-order valence-electron chi connectivity index (χ0n) is 22.7. The minimum absolute atomic E-state index is 0.0208. The predicted molar refractivity (Wildman–Crippen MR) is 154 cm³/mol. The molecule has 1 N–H and O–H groups in total. The number of ether oxygens (including phenoxy) is 2. The molecule has 1 atom stereocenters. The molecular formula is C31H30N2O5S. The van der Waals surface area contributed by atoms with Gasteiger partial charge in [0.05, 0.1) is 36.1 Å². The normalized spacial score (nSPS) is 17.2. The minimum Gasteiger partial charge on any atom is -0.507 e. The number of nitrogens with zero attached hydrogens (tertiary/aromatic N) is 2. The number of hydrogen-bond acceptors (Lipinski definition) is 7. The fraction of sp³-hybridized carbons (Fsp3) is 0.258. The predicted octanol–water partition coefficient (Wildman–Crippen LogP) is 6.55. The molecule has 8 heteroatoms. The van der Waals surface area contributed by atoms with Crippen molar-refractivity contribution in [3.8, 4) is 11.5 Å². The van der Waals surface area contributed by atoms with Crippen molar-refractivity contribution in [2.75, 3.05) is 19.1 Å². The minimum atomic E-state index is -0.854. The van der Waals surface area contributed by atoms with Gasteiger partial charge in [-0.15, -0.1) is 0 Å². The Morgan fingerprint density at radius 3 is 2.44 bits per heavy atom. The lowest BCUT2D eigenvalue weighted by atomic mass is 9.84. The summed E-state index contributed by atoms with van der Waals surface area (Å²) in [6.07, 6.45) is 0. The molecule has 1 fully saturated rings. The van der Waals surface area contributed by atoms with E-state index in [1.165, 1.54) is 16.2 Å². The lowest BCUT2D eigenvalue weighted by Crippen LogP contribution is -2.29. The van der Waals surface area contributed by atoms with Crippen LogP contribution in [0, 0.1) is 6.92 Å².